The number of hydrogen-bond acceptors (Lipinski definition) is 6. The molecule has 28 heavy (non-hydrogen) atoms. The molecule has 3 rings (SSSR count). The standard InChI is InChI=1S/C16H16F3NO6S2/c17-16(18,19)26-12-3-5-14(6-4-12)28(23,24)20-8-7-15(10-20)27(21,22)11-13-2-1-9-25-13/h1-6,9,15H,7-8,10-11H2. The van der Waals surface area contributed by atoms with Crippen LogP contribution in [0.3, 0.4) is 0 Å². The summed E-state index contributed by atoms with van der Waals surface area (Å²) in [6.07, 6.45) is -3.41. The van der Waals surface area contributed by atoms with Gasteiger partial charge in [0.2, 0.25) is 10.0 Å². The highest BCUT2D eigenvalue weighted by Gasteiger charge is 2.39. The fraction of sp³-hybridized carbons (Fsp3) is 0.375. The van der Waals surface area contributed by atoms with Gasteiger partial charge in [-0.1, -0.05) is 0 Å². The molecule has 0 spiro atoms. The Kier molecular flexibility index (Phi) is 5.47. The molecule has 0 N–H and O–H groups in total. The van der Waals surface area contributed by atoms with Gasteiger partial charge in [0.1, 0.15) is 17.3 Å². The van der Waals surface area contributed by atoms with Gasteiger partial charge in [-0.3, -0.25) is 0 Å². The molecule has 1 unspecified atom stereocenters. The van der Waals surface area contributed by atoms with Crippen LogP contribution in [0.2, 0.25) is 0 Å². The summed E-state index contributed by atoms with van der Waals surface area (Å²) in [4.78, 5) is -0.244. The lowest BCUT2D eigenvalue weighted by atomic mass is 10.3. The second-order valence-corrected chi connectivity index (χ2v) is 10.4. The Morgan fingerprint density at radius 3 is 2.36 bits per heavy atom. The van der Waals surface area contributed by atoms with Crippen molar-refractivity contribution in [1.82, 2.24) is 4.31 Å². The Bertz CT molecular complexity index is 1020. The Morgan fingerprint density at radius 2 is 1.79 bits per heavy atom. The normalized spacial score (nSPS) is 19.0. The lowest BCUT2D eigenvalue weighted by Crippen LogP contribution is -2.32. The van der Waals surface area contributed by atoms with Gasteiger partial charge in [-0.25, -0.2) is 16.8 Å². The summed E-state index contributed by atoms with van der Waals surface area (Å²) in [6.45, 7) is -0.239. The van der Waals surface area contributed by atoms with Crippen molar-refractivity contribution in [2.75, 3.05) is 13.1 Å². The maximum absolute atomic E-state index is 12.7. The number of alkyl halides is 3. The van der Waals surface area contributed by atoms with E-state index in [0.29, 0.717) is 0 Å². The number of rotatable bonds is 6. The number of sulfonamides is 1. The smallest absolute Gasteiger partial charge is 0.468 e. The van der Waals surface area contributed by atoms with Gasteiger partial charge in [0, 0.05) is 13.1 Å². The molecule has 1 aliphatic heterocycles. The highest BCUT2D eigenvalue weighted by atomic mass is 32.2. The molecule has 2 heterocycles. The average molecular weight is 439 g/mol. The summed E-state index contributed by atoms with van der Waals surface area (Å²) in [5.74, 6) is -0.615. The van der Waals surface area contributed by atoms with Crippen LogP contribution in [-0.4, -0.2) is 45.8 Å². The quantitative estimate of drug-likeness (QED) is 0.687. The van der Waals surface area contributed by atoms with Crippen LogP contribution >= 0.6 is 0 Å². The zero-order valence-electron chi connectivity index (χ0n) is 14.3. The number of hydrogen-bond donors (Lipinski definition) is 0. The first-order valence-electron chi connectivity index (χ1n) is 8.07. The van der Waals surface area contributed by atoms with Crippen molar-refractivity contribution in [2.24, 2.45) is 0 Å². The maximum atomic E-state index is 12.7. The molecule has 0 saturated carbocycles. The third-order valence-electron chi connectivity index (χ3n) is 4.23. The minimum Gasteiger partial charge on any atom is -0.468 e. The Hall–Kier alpha value is -2.05. The van der Waals surface area contributed by atoms with E-state index in [1.54, 1.807) is 6.07 Å². The number of nitrogens with zero attached hydrogens (tertiary/aromatic N) is 1. The lowest BCUT2D eigenvalue weighted by Gasteiger charge is -2.17. The van der Waals surface area contributed by atoms with E-state index in [9.17, 15) is 30.0 Å². The van der Waals surface area contributed by atoms with Crippen LogP contribution in [0.15, 0.2) is 52.0 Å². The third kappa shape index (κ3) is 4.67. The Morgan fingerprint density at radius 1 is 1.11 bits per heavy atom. The average Bonchev–Trinajstić information content (AvgIpc) is 3.25. The first kappa shape index (κ1) is 20.7. The summed E-state index contributed by atoms with van der Waals surface area (Å²) in [5.41, 5.74) is 0. The lowest BCUT2D eigenvalue weighted by molar-refractivity contribution is -0.274. The van der Waals surface area contributed by atoms with Gasteiger partial charge in [0.25, 0.3) is 0 Å². The third-order valence-corrected chi connectivity index (χ3v) is 8.20. The van der Waals surface area contributed by atoms with Gasteiger partial charge < -0.3 is 9.15 Å². The number of sulfone groups is 1. The van der Waals surface area contributed by atoms with E-state index >= 15 is 0 Å². The molecule has 0 bridgehead atoms. The highest BCUT2D eigenvalue weighted by Crippen LogP contribution is 2.28. The molecule has 0 amide bonds. The summed E-state index contributed by atoms with van der Waals surface area (Å²) < 4.78 is 96.7. The molecule has 1 saturated heterocycles. The van der Waals surface area contributed by atoms with Crippen LogP contribution < -0.4 is 4.74 Å². The molecule has 1 aromatic carbocycles. The van der Waals surface area contributed by atoms with Crippen LogP contribution in [-0.2, 0) is 25.6 Å². The predicted octanol–water partition coefficient (Wildman–Crippen LogP) is 2.56. The molecule has 154 valence electrons. The molecule has 1 aliphatic rings. The predicted molar refractivity (Wildman–Crippen MR) is 91.6 cm³/mol. The molecular formula is C16H16F3NO6S2. The summed E-state index contributed by atoms with van der Waals surface area (Å²) in [6, 6.07) is 6.83. The zero-order valence-corrected chi connectivity index (χ0v) is 15.9. The van der Waals surface area contributed by atoms with E-state index < -0.39 is 37.2 Å². The summed E-state index contributed by atoms with van der Waals surface area (Å²) in [7, 11) is -7.68. The molecule has 0 aliphatic carbocycles. The van der Waals surface area contributed by atoms with Gasteiger partial charge in [0.15, 0.2) is 9.84 Å². The fourth-order valence-corrected chi connectivity index (χ4v) is 6.14. The Balaban J connectivity index is 1.71. The summed E-state index contributed by atoms with van der Waals surface area (Å²) in [5, 5.41) is -0.889. The molecule has 0 radical (unpaired) electrons. The van der Waals surface area contributed by atoms with Crippen LogP contribution in [0, 0.1) is 0 Å². The topological polar surface area (TPSA) is 93.9 Å². The fourth-order valence-electron chi connectivity index (χ4n) is 2.88. The molecular weight excluding hydrogens is 423 g/mol. The maximum Gasteiger partial charge on any atom is 0.573 e. The number of benzene rings is 1. The molecule has 2 aromatic rings. The van der Waals surface area contributed by atoms with E-state index in [0.717, 1.165) is 28.6 Å². The van der Waals surface area contributed by atoms with Crippen LogP contribution in [0.5, 0.6) is 5.75 Å². The molecule has 1 aromatic heterocycles. The number of furan rings is 1. The van der Waals surface area contributed by atoms with E-state index in [-0.39, 0.29) is 35.9 Å². The van der Waals surface area contributed by atoms with Gasteiger partial charge in [0.05, 0.1) is 16.4 Å². The van der Waals surface area contributed by atoms with Gasteiger partial charge >= 0.3 is 6.36 Å². The second-order valence-electron chi connectivity index (χ2n) is 6.18. The molecule has 1 atom stereocenters. The number of halogens is 3. The van der Waals surface area contributed by atoms with Crippen molar-refractivity contribution in [2.45, 2.75) is 28.7 Å². The second kappa shape index (κ2) is 7.41. The van der Waals surface area contributed by atoms with Crippen molar-refractivity contribution in [3.63, 3.8) is 0 Å². The monoisotopic (exact) mass is 439 g/mol. The van der Waals surface area contributed by atoms with Crippen LogP contribution in [0.4, 0.5) is 13.2 Å². The van der Waals surface area contributed by atoms with Crippen LogP contribution in [0.25, 0.3) is 0 Å². The minimum absolute atomic E-state index is 0.00874. The zero-order chi connectivity index (χ0) is 20.6. The van der Waals surface area contributed by atoms with Gasteiger partial charge in [-0.2, -0.15) is 4.31 Å². The van der Waals surface area contributed by atoms with Crippen molar-refractivity contribution in [1.29, 1.82) is 0 Å². The van der Waals surface area contributed by atoms with Crippen molar-refractivity contribution >= 4 is 19.9 Å². The van der Waals surface area contributed by atoms with Gasteiger partial charge in [-0.15, -0.1) is 13.2 Å². The first-order chi connectivity index (χ1) is 13.0. The SMILES string of the molecule is O=S(=O)(Cc1ccco1)C1CCN(S(=O)(=O)c2ccc(OC(F)(F)F)cc2)C1. The van der Waals surface area contributed by atoms with E-state index in [1.807, 2.05) is 0 Å². The Labute approximate surface area is 159 Å². The first-order valence-corrected chi connectivity index (χ1v) is 11.2. The minimum atomic E-state index is -4.88. The molecule has 1 fully saturated rings. The molecule has 12 heteroatoms. The highest BCUT2D eigenvalue weighted by molar-refractivity contribution is 7.91. The van der Waals surface area contributed by atoms with E-state index in [1.165, 1.54) is 12.3 Å². The molecule has 7 nitrogen and oxygen atoms in total. The largest absolute Gasteiger partial charge is 0.573 e. The van der Waals surface area contributed by atoms with E-state index in [2.05, 4.69) is 4.74 Å². The number of ether oxygens (including phenoxy) is 1. The van der Waals surface area contributed by atoms with E-state index in [4.69, 9.17) is 4.42 Å². The van der Waals surface area contributed by atoms with Crippen molar-refractivity contribution in [3.05, 3.63) is 48.4 Å². The van der Waals surface area contributed by atoms with Gasteiger partial charge in [-0.05, 0) is 42.8 Å². The van der Waals surface area contributed by atoms with Crippen molar-refractivity contribution in [3.8, 4) is 5.75 Å². The van der Waals surface area contributed by atoms with Crippen LogP contribution in [0.1, 0.15) is 12.2 Å². The summed E-state index contributed by atoms with van der Waals surface area (Å²) >= 11 is 0. The van der Waals surface area contributed by atoms with Crippen molar-refractivity contribution < 1.29 is 39.2 Å².